The summed E-state index contributed by atoms with van der Waals surface area (Å²) >= 11 is 6.10. The maximum absolute atomic E-state index is 6.10. The van der Waals surface area contributed by atoms with Crippen LogP contribution in [-0.2, 0) is 0 Å². The second-order valence-electron chi connectivity index (χ2n) is 5.51. The van der Waals surface area contributed by atoms with Crippen molar-refractivity contribution in [3.63, 3.8) is 0 Å². The van der Waals surface area contributed by atoms with Gasteiger partial charge in [0.1, 0.15) is 5.75 Å². The van der Waals surface area contributed by atoms with E-state index in [1.54, 1.807) is 7.11 Å². The van der Waals surface area contributed by atoms with Gasteiger partial charge >= 0.3 is 0 Å². The van der Waals surface area contributed by atoms with Crippen LogP contribution in [0.2, 0.25) is 5.02 Å². The summed E-state index contributed by atoms with van der Waals surface area (Å²) in [4.78, 5) is 0. The van der Waals surface area contributed by atoms with Crippen LogP contribution in [0.3, 0.4) is 0 Å². The summed E-state index contributed by atoms with van der Waals surface area (Å²) in [6, 6.07) is 6.53. The molecule has 0 saturated heterocycles. The van der Waals surface area contributed by atoms with Gasteiger partial charge in [0, 0.05) is 6.04 Å². The maximum atomic E-state index is 6.10. The molecule has 2 rings (SSSR count). The average Bonchev–Trinajstić information content (AvgIpc) is 2.90. The predicted octanol–water partition coefficient (Wildman–Crippen LogP) is 4.44. The molecule has 0 spiro atoms. The minimum absolute atomic E-state index is 0.405. The van der Waals surface area contributed by atoms with Gasteiger partial charge in [-0.2, -0.15) is 0 Å². The van der Waals surface area contributed by atoms with E-state index in [2.05, 4.69) is 24.4 Å². The lowest BCUT2D eigenvalue weighted by Crippen LogP contribution is -2.23. The lowest BCUT2D eigenvalue weighted by molar-refractivity contribution is 0.369. The van der Waals surface area contributed by atoms with Gasteiger partial charge in [0.15, 0.2) is 0 Å². The molecule has 19 heavy (non-hydrogen) atoms. The number of nitrogens with one attached hydrogen (secondary N) is 1. The van der Waals surface area contributed by atoms with Crippen molar-refractivity contribution in [2.24, 2.45) is 11.8 Å². The number of ether oxygens (including phenoxy) is 1. The van der Waals surface area contributed by atoms with Gasteiger partial charge in [-0.25, -0.2) is 0 Å². The normalized spacial score (nSPS) is 24.4. The highest BCUT2D eigenvalue weighted by molar-refractivity contribution is 6.32. The van der Waals surface area contributed by atoms with Crippen LogP contribution >= 0.6 is 11.6 Å². The Morgan fingerprint density at radius 1 is 1.42 bits per heavy atom. The molecule has 0 heterocycles. The van der Waals surface area contributed by atoms with Gasteiger partial charge in [-0.15, -0.1) is 0 Å². The summed E-state index contributed by atoms with van der Waals surface area (Å²) in [6.07, 6.45) is 5.31. The van der Waals surface area contributed by atoms with E-state index in [1.807, 2.05) is 13.1 Å². The van der Waals surface area contributed by atoms with E-state index in [0.717, 1.165) is 17.6 Å². The fraction of sp³-hybridized carbons (Fsp3) is 0.625. The summed E-state index contributed by atoms with van der Waals surface area (Å²) in [7, 11) is 3.72. The summed E-state index contributed by atoms with van der Waals surface area (Å²) in [5.74, 6) is 2.39. The van der Waals surface area contributed by atoms with Gasteiger partial charge in [-0.3, -0.25) is 0 Å². The van der Waals surface area contributed by atoms with Crippen molar-refractivity contribution >= 4 is 11.6 Å². The van der Waals surface area contributed by atoms with Crippen molar-refractivity contribution < 1.29 is 4.74 Å². The van der Waals surface area contributed by atoms with Gasteiger partial charge < -0.3 is 10.1 Å². The van der Waals surface area contributed by atoms with Gasteiger partial charge in [-0.1, -0.05) is 37.4 Å². The van der Waals surface area contributed by atoms with E-state index in [4.69, 9.17) is 16.3 Å². The lowest BCUT2D eigenvalue weighted by Gasteiger charge is -2.24. The highest BCUT2D eigenvalue weighted by Crippen LogP contribution is 2.41. The van der Waals surface area contributed by atoms with E-state index in [-0.39, 0.29) is 0 Å². The Labute approximate surface area is 121 Å². The van der Waals surface area contributed by atoms with E-state index in [1.165, 1.54) is 31.2 Å². The quantitative estimate of drug-likeness (QED) is 0.862. The van der Waals surface area contributed by atoms with Gasteiger partial charge in [0.2, 0.25) is 0 Å². The Morgan fingerprint density at radius 3 is 2.79 bits per heavy atom. The third-order valence-electron chi connectivity index (χ3n) is 4.48. The Kier molecular flexibility index (Phi) is 5.12. The van der Waals surface area contributed by atoms with Gasteiger partial charge in [0.25, 0.3) is 0 Å². The minimum atomic E-state index is 0.405. The summed E-state index contributed by atoms with van der Waals surface area (Å²) in [5.41, 5.74) is 1.28. The Balaban J connectivity index is 2.18. The molecule has 0 aliphatic heterocycles. The van der Waals surface area contributed by atoms with Crippen molar-refractivity contribution in [3.05, 3.63) is 28.8 Å². The van der Waals surface area contributed by atoms with Crippen molar-refractivity contribution in [1.82, 2.24) is 5.32 Å². The van der Waals surface area contributed by atoms with Crippen LogP contribution in [0, 0.1) is 11.8 Å². The molecule has 0 radical (unpaired) electrons. The summed E-state index contributed by atoms with van der Waals surface area (Å²) in [6.45, 7) is 2.30. The zero-order chi connectivity index (χ0) is 13.8. The summed E-state index contributed by atoms with van der Waals surface area (Å²) in [5, 5.41) is 4.16. The van der Waals surface area contributed by atoms with Crippen LogP contribution in [-0.4, -0.2) is 14.2 Å². The zero-order valence-electron chi connectivity index (χ0n) is 12.1. The van der Waals surface area contributed by atoms with Crippen molar-refractivity contribution in [3.8, 4) is 5.75 Å². The molecule has 1 aliphatic carbocycles. The molecule has 106 valence electrons. The molecule has 0 aromatic heterocycles. The highest BCUT2D eigenvalue weighted by Gasteiger charge is 2.30. The Bertz CT molecular complexity index is 421. The molecular formula is C16H24ClNO. The van der Waals surface area contributed by atoms with Crippen molar-refractivity contribution in [2.75, 3.05) is 14.2 Å². The molecule has 3 heteroatoms. The fourth-order valence-corrected chi connectivity index (χ4v) is 3.53. The molecule has 1 N–H and O–H groups in total. The topological polar surface area (TPSA) is 21.3 Å². The number of benzene rings is 1. The molecule has 1 aromatic carbocycles. The molecule has 1 saturated carbocycles. The zero-order valence-corrected chi connectivity index (χ0v) is 12.8. The molecule has 1 aromatic rings. The van der Waals surface area contributed by atoms with Crippen LogP contribution in [0.4, 0.5) is 0 Å². The van der Waals surface area contributed by atoms with Crippen molar-refractivity contribution in [2.45, 2.75) is 38.6 Å². The third-order valence-corrected chi connectivity index (χ3v) is 4.79. The first-order valence-electron chi connectivity index (χ1n) is 7.20. The molecule has 1 fully saturated rings. The Morgan fingerprint density at radius 2 is 2.21 bits per heavy atom. The number of halogens is 1. The van der Waals surface area contributed by atoms with E-state index < -0.39 is 0 Å². The monoisotopic (exact) mass is 281 g/mol. The van der Waals surface area contributed by atoms with Crippen LogP contribution in [0.25, 0.3) is 0 Å². The second kappa shape index (κ2) is 6.62. The van der Waals surface area contributed by atoms with Gasteiger partial charge in [0.05, 0.1) is 12.1 Å². The molecular weight excluding hydrogens is 258 g/mol. The molecule has 2 nitrogen and oxygen atoms in total. The third kappa shape index (κ3) is 3.24. The molecule has 3 unspecified atom stereocenters. The number of hydrogen-bond acceptors (Lipinski definition) is 2. The van der Waals surface area contributed by atoms with Gasteiger partial charge in [-0.05, 0) is 49.4 Å². The summed E-state index contributed by atoms with van der Waals surface area (Å²) < 4.78 is 5.33. The van der Waals surface area contributed by atoms with Crippen LogP contribution in [0.15, 0.2) is 18.2 Å². The standard InChI is InChI=1S/C16H24ClNO/c1-4-11-5-6-12(9-11)16(18-2)13-7-8-14(17)15(10-13)19-3/h7-8,10-12,16,18H,4-6,9H2,1-3H3. The molecule has 1 aliphatic rings. The first-order valence-corrected chi connectivity index (χ1v) is 7.58. The van der Waals surface area contributed by atoms with E-state index in [0.29, 0.717) is 11.1 Å². The first kappa shape index (κ1) is 14.7. The smallest absolute Gasteiger partial charge is 0.137 e. The maximum Gasteiger partial charge on any atom is 0.137 e. The van der Waals surface area contributed by atoms with Crippen molar-refractivity contribution in [1.29, 1.82) is 0 Å². The second-order valence-corrected chi connectivity index (χ2v) is 5.91. The number of rotatable bonds is 5. The molecule has 3 atom stereocenters. The highest BCUT2D eigenvalue weighted by atomic mass is 35.5. The SMILES string of the molecule is CCC1CCC(C(NC)c2ccc(Cl)c(OC)c2)C1. The van der Waals surface area contributed by atoms with Crippen LogP contribution in [0.1, 0.15) is 44.2 Å². The average molecular weight is 282 g/mol. The fourth-order valence-electron chi connectivity index (χ4n) is 3.33. The van der Waals surface area contributed by atoms with E-state index in [9.17, 15) is 0 Å². The minimum Gasteiger partial charge on any atom is -0.495 e. The largest absolute Gasteiger partial charge is 0.495 e. The van der Waals surface area contributed by atoms with Crippen LogP contribution < -0.4 is 10.1 Å². The number of hydrogen-bond donors (Lipinski definition) is 1. The first-order chi connectivity index (χ1) is 9.19. The predicted molar refractivity (Wildman–Crippen MR) is 80.9 cm³/mol. The lowest BCUT2D eigenvalue weighted by atomic mass is 9.90. The Hall–Kier alpha value is -0.730. The van der Waals surface area contributed by atoms with Crippen LogP contribution in [0.5, 0.6) is 5.75 Å². The molecule has 0 bridgehead atoms. The molecule has 0 amide bonds. The number of methoxy groups -OCH3 is 1. The van der Waals surface area contributed by atoms with E-state index >= 15 is 0 Å².